The van der Waals surface area contributed by atoms with E-state index >= 15 is 0 Å². The molecule has 2 heterocycles. The number of hydrogen-bond donors (Lipinski definition) is 3. The summed E-state index contributed by atoms with van der Waals surface area (Å²) in [6, 6.07) is 6.48. The molecule has 1 aromatic heterocycles. The lowest BCUT2D eigenvalue weighted by Crippen LogP contribution is -2.16. The molecule has 0 radical (unpaired) electrons. The molecule has 0 fully saturated rings. The van der Waals surface area contributed by atoms with Crippen LogP contribution in [0.25, 0.3) is 10.9 Å². The topological polar surface area (TPSA) is 48.0 Å². The zero-order chi connectivity index (χ0) is 12.4. The van der Waals surface area contributed by atoms with E-state index in [1.54, 1.807) is 0 Å². The standard InChI is InChI=1S/C15H20N2O.ClH/c18-10-2-4-11-3-1-5-14-15(11)12-6-8-16-9-7-13(12)17-14;/h1,3,5,16-18H,2,4,6-10H2;1H. The Hall–Kier alpha value is -1.03. The van der Waals surface area contributed by atoms with Crippen LogP contribution in [0.5, 0.6) is 0 Å². The van der Waals surface area contributed by atoms with Gasteiger partial charge in [0.1, 0.15) is 0 Å². The summed E-state index contributed by atoms with van der Waals surface area (Å²) < 4.78 is 0. The molecule has 1 aromatic carbocycles. The first-order chi connectivity index (χ1) is 8.90. The lowest BCUT2D eigenvalue weighted by molar-refractivity contribution is 0.289. The number of hydrogen-bond acceptors (Lipinski definition) is 2. The SMILES string of the molecule is Cl.OCCCc1cccc2[nH]c3c(c12)CCNCC3. The van der Waals surface area contributed by atoms with Crippen LogP contribution in [0.4, 0.5) is 0 Å². The summed E-state index contributed by atoms with van der Waals surface area (Å²) in [6.45, 7) is 2.39. The average molecular weight is 281 g/mol. The first-order valence-corrected chi connectivity index (χ1v) is 6.83. The number of H-pyrrole nitrogens is 1. The minimum atomic E-state index is 0. The fourth-order valence-electron chi connectivity index (χ4n) is 2.97. The van der Waals surface area contributed by atoms with Gasteiger partial charge in [-0.25, -0.2) is 0 Å². The van der Waals surface area contributed by atoms with Crippen LogP contribution < -0.4 is 5.32 Å². The molecular weight excluding hydrogens is 260 g/mol. The van der Waals surface area contributed by atoms with Crippen LogP contribution in [0.3, 0.4) is 0 Å². The number of nitrogens with one attached hydrogen (secondary N) is 2. The molecule has 104 valence electrons. The summed E-state index contributed by atoms with van der Waals surface area (Å²) in [5.41, 5.74) is 5.52. The van der Waals surface area contributed by atoms with E-state index in [9.17, 15) is 0 Å². The second-order valence-corrected chi connectivity index (χ2v) is 5.00. The van der Waals surface area contributed by atoms with Gasteiger partial charge in [-0.2, -0.15) is 0 Å². The minimum Gasteiger partial charge on any atom is -0.396 e. The van der Waals surface area contributed by atoms with Gasteiger partial charge in [0.2, 0.25) is 0 Å². The number of benzene rings is 1. The minimum absolute atomic E-state index is 0. The molecule has 3 nitrogen and oxygen atoms in total. The van der Waals surface area contributed by atoms with Crippen molar-refractivity contribution in [2.24, 2.45) is 0 Å². The third kappa shape index (κ3) is 2.78. The lowest BCUT2D eigenvalue weighted by atomic mass is 9.99. The smallest absolute Gasteiger partial charge is 0.0461 e. The summed E-state index contributed by atoms with van der Waals surface area (Å²) in [5.74, 6) is 0. The fourth-order valence-corrected chi connectivity index (χ4v) is 2.97. The molecule has 1 aliphatic rings. The Morgan fingerprint density at radius 1 is 1.16 bits per heavy atom. The van der Waals surface area contributed by atoms with Crippen molar-refractivity contribution in [3.05, 3.63) is 35.0 Å². The molecule has 0 saturated heterocycles. The van der Waals surface area contributed by atoms with Gasteiger partial charge >= 0.3 is 0 Å². The van der Waals surface area contributed by atoms with Crippen molar-refractivity contribution in [2.75, 3.05) is 19.7 Å². The van der Waals surface area contributed by atoms with Gasteiger partial charge < -0.3 is 15.4 Å². The van der Waals surface area contributed by atoms with Crippen LogP contribution in [0.15, 0.2) is 18.2 Å². The van der Waals surface area contributed by atoms with E-state index in [0.717, 1.165) is 38.8 Å². The number of aromatic nitrogens is 1. The summed E-state index contributed by atoms with van der Waals surface area (Å²) in [6.07, 6.45) is 4.00. The monoisotopic (exact) mass is 280 g/mol. The number of aliphatic hydroxyl groups is 1. The van der Waals surface area contributed by atoms with E-state index in [-0.39, 0.29) is 19.0 Å². The summed E-state index contributed by atoms with van der Waals surface area (Å²) in [5, 5.41) is 13.9. The Morgan fingerprint density at radius 3 is 2.84 bits per heavy atom. The van der Waals surface area contributed by atoms with Crippen molar-refractivity contribution in [3.8, 4) is 0 Å². The second-order valence-electron chi connectivity index (χ2n) is 5.00. The molecule has 4 heteroatoms. The van der Waals surface area contributed by atoms with E-state index in [1.807, 2.05) is 0 Å². The maximum atomic E-state index is 9.02. The number of aromatic amines is 1. The maximum absolute atomic E-state index is 9.02. The van der Waals surface area contributed by atoms with Crippen LogP contribution in [0.1, 0.15) is 23.2 Å². The molecule has 0 atom stereocenters. The number of aliphatic hydroxyl groups excluding tert-OH is 1. The molecule has 0 aliphatic carbocycles. The highest BCUT2D eigenvalue weighted by molar-refractivity contribution is 5.88. The molecule has 0 spiro atoms. The van der Waals surface area contributed by atoms with Gasteiger partial charge in [-0.05, 0) is 43.0 Å². The van der Waals surface area contributed by atoms with Gasteiger partial charge in [0, 0.05) is 36.2 Å². The fraction of sp³-hybridized carbons (Fsp3) is 0.467. The molecule has 0 bridgehead atoms. The molecule has 0 amide bonds. The summed E-state index contributed by atoms with van der Waals surface area (Å²) in [7, 11) is 0. The van der Waals surface area contributed by atoms with E-state index < -0.39 is 0 Å². The van der Waals surface area contributed by atoms with Crippen LogP contribution in [0.2, 0.25) is 0 Å². The Bertz CT molecular complexity index is 550. The highest BCUT2D eigenvalue weighted by atomic mass is 35.5. The molecule has 3 N–H and O–H groups in total. The quantitative estimate of drug-likeness (QED) is 0.807. The predicted octanol–water partition coefficient (Wildman–Crippen LogP) is 2.20. The number of fused-ring (bicyclic) bond motifs is 3. The first-order valence-electron chi connectivity index (χ1n) is 6.83. The molecule has 0 saturated carbocycles. The predicted molar refractivity (Wildman–Crippen MR) is 81.2 cm³/mol. The maximum Gasteiger partial charge on any atom is 0.0461 e. The van der Waals surface area contributed by atoms with Crippen LogP contribution >= 0.6 is 12.4 Å². The molecular formula is C15H21ClN2O. The van der Waals surface area contributed by atoms with Gasteiger partial charge in [0.05, 0.1) is 0 Å². The van der Waals surface area contributed by atoms with Crippen molar-refractivity contribution in [1.29, 1.82) is 0 Å². The molecule has 2 aromatic rings. The van der Waals surface area contributed by atoms with Crippen molar-refractivity contribution in [2.45, 2.75) is 25.7 Å². The van der Waals surface area contributed by atoms with E-state index in [1.165, 1.54) is 27.7 Å². The van der Waals surface area contributed by atoms with Crippen molar-refractivity contribution in [3.63, 3.8) is 0 Å². The van der Waals surface area contributed by atoms with Crippen LogP contribution in [-0.4, -0.2) is 29.8 Å². The molecule has 0 unspecified atom stereocenters. The second kappa shape index (κ2) is 6.42. The summed E-state index contributed by atoms with van der Waals surface area (Å²) >= 11 is 0. The zero-order valence-corrected chi connectivity index (χ0v) is 11.9. The number of halogens is 1. The largest absolute Gasteiger partial charge is 0.396 e. The van der Waals surface area contributed by atoms with Gasteiger partial charge in [0.25, 0.3) is 0 Å². The Labute approximate surface area is 119 Å². The summed E-state index contributed by atoms with van der Waals surface area (Å²) in [4.78, 5) is 3.57. The van der Waals surface area contributed by atoms with Gasteiger partial charge in [-0.15, -0.1) is 12.4 Å². The number of aryl methyl sites for hydroxylation is 1. The highest BCUT2D eigenvalue weighted by Crippen LogP contribution is 2.28. The van der Waals surface area contributed by atoms with Gasteiger partial charge in [0.15, 0.2) is 0 Å². The van der Waals surface area contributed by atoms with Crippen molar-refractivity contribution in [1.82, 2.24) is 10.3 Å². The normalized spacial score (nSPS) is 14.8. The van der Waals surface area contributed by atoms with E-state index in [0.29, 0.717) is 0 Å². The van der Waals surface area contributed by atoms with E-state index in [2.05, 4.69) is 28.5 Å². The van der Waals surface area contributed by atoms with Crippen molar-refractivity contribution >= 4 is 23.3 Å². The van der Waals surface area contributed by atoms with Crippen molar-refractivity contribution < 1.29 is 5.11 Å². The van der Waals surface area contributed by atoms with E-state index in [4.69, 9.17) is 5.11 Å². The molecule has 3 rings (SSSR count). The van der Waals surface area contributed by atoms with Crippen LogP contribution in [0, 0.1) is 0 Å². The third-order valence-corrected chi connectivity index (χ3v) is 3.81. The number of rotatable bonds is 3. The Balaban J connectivity index is 0.00000133. The first kappa shape index (κ1) is 14.4. The zero-order valence-electron chi connectivity index (χ0n) is 11.0. The molecule has 19 heavy (non-hydrogen) atoms. The third-order valence-electron chi connectivity index (χ3n) is 3.81. The average Bonchev–Trinajstić information content (AvgIpc) is 2.59. The van der Waals surface area contributed by atoms with Gasteiger partial charge in [-0.3, -0.25) is 0 Å². The Morgan fingerprint density at radius 2 is 2.00 bits per heavy atom. The lowest BCUT2D eigenvalue weighted by Gasteiger charge is -2.05. The Kier molecular flexibility index (Phi) is 4.86. The van der Waals surface area contributed by atoms with Gasteiger partial charge in [-0.1, -0.05) is 12.1 Å². The highest BCUT2D eigenvalue weighted by Gasteiger charge is 2.15. The molecule has 1 aliphatic heterocycles. The van der Waals surface area contributed by atoms with Crippen LogP contribution in [-0.2, 0) is 19.3 Å².